The molecule has 0 spiro atoms. The summed E-state index contributed by atoms with van der Waals surface area (Å²) in [4.78, 5) is 35.4. The molecule has 0 aromatic heterocycles. The topological polar surface area (TPSA) is 84.5 Å². The maximum absolute atomic E-state index is 12.7. The molecule has 0 unspecified atom stereocenters. The van der Waals surface area contributed by atoms with E-state index in [2.05, 4.69) is 10.6 Å². The van der Waals surface area contributed by atoms with Crippen LogP contribution in [0.15, 0.2) is 42.5 Å². The Morgan fingerprint density at radius 1 is 1.00 bits per heavy atom. The fourth-order valence-electron chi connectivity index (χ4n) is 2.35. The van der Waals surface area contributed by atoms with E-state index in [1.807, 2.05) is 0 Å². The molecule has 0 fully saturated rings. The van der Waals surface area contributed by atoms with Gasteiger partial charge in [-0.1, -0.05) is 23.7 Å². The summed E-state index contributed by atoms with van der Waals surface area (Å²) in [6.07, 6.45) is -5.19. The highest BCUT2D eigenvalue weighted by atomic mass is 35.5. The fourth-order valence-corrected chi connectivity index (χ4v) is 2.52. The van der Waals surface area contributed by atoms with Crippen LogP contribution in [0.1, 0.15) is 24.0 Å². The molecule has 2 aromatic carbocycles. The minimum absolute atomic E-state index is 0.0422. The number of benzene rings is 2. The van der Waals surface area contributed by atoms with Crippen molar-refractivity contribution in [1.29, 1.82) is 0 Å². The number of nitrogens with one attached hydrogen (secondary N) is 2. The SMILES string of the molecule is Cc1ccc(Cl)cc1NC(=O)COC(=O)CCC(=O)Nc1cccc(C(F)(F)F)c1. The Bertz CT molecular complexity index is 948. The first-order chi connectivity index (χ1) is 14.0. The number of esters is 1. The van der Waals surface area contributed by atoms with Gasteiger partial charge in [-0.05, 0) is 42.8 Å². The van der Waals surface area contributed by atoms with Crippen molar-refractivity contribution in [2.75, 3.05) is 17.2 Å². The second kappa shape index (κ2) is 10.1. The van der Waals surface area contributed by atoms with E-state index in [-0.39, 0.29) is 18.5 Å². The molecular weight excluding hydrogens is 425 g/mol. The highest BCUT2D eigenvalue weighted by Crippen LogP contribution is 2.30. The van der Waals surface area contributed by atoms with E-state index in [4.69, 9.17) is 16.3 Å². The van der Waals surface area contributed by atoms with Crippen LogP contribution in [-0.2, 0) is 25.3 Å². The first-order valence-electron chi connectivity index (χ1n) is 8.73. The number of carbonyl (C=O) groups is 3. The molecule has 0 atom stereocenters. The van der Waals surface area contributed by atoms with E-state index in [1.165, 1.54) is 6.07 Å². The van der Waals surface area contributed by atoms with Crippen LogP contribution in [0.25, 0.3) is 0 Å². The van der Waals surface area contributed by atoms with E-state index in [0.29, 0.717) is 10.7 Å². The Morgan fingerprint density at radius 3 is 2.43 bits per heavy atom. The lowest BCUT2D eigenvalue weighted by molar-refractivity contribution is -0.147. The number of aryl methyl sites for hydroxylation is 1. The highest BCUT2D eigenvalue weighted by Gasteiger charge is 2.30. The number of amides is 2. The average molecular weight is 443 g/mol. The summed E-state index contributed by atoms with van der Waals surface area (Å²) in [5.74, 6) is -2.04. The lowest BCUT2D eigenvalue weighted by atomic mass is 10.2. The molecule has 0 saturated carbocycles. The third kappa shape index (κ3) is 7.40. The van der Waals surface area contributed by atoms with Gasteiger partial charge in [0.1, 0.15) is 0 Å². The number of alkyl halides is 3. The molecule has 2 aromatic rings. The van der Waals surface area contributed by atoms with Crippen molar-refractivity contribution in [2.45, 2.75) is 25.9 Å². The second-order valence-electron chi connectivity index (χ2n) is 6.29. The van der Waals surface area contributed by atoms with Gasteiger partial charge in [0.2, 0.25) is 5.91 Å². The van der Waals surface area contributed by atoms with Crippen LogP contribution in [0.2, 0.25) is 5.02 Å². The van der Waals surface area contributed by atoms with Crippen molar-refractivity contribution in [2.24, 2.45) is 0 Å². The van der Waals surface area contributed by atoms with E-state index < -0.39 is 36.1 Å². The van der Waals surface area contributed by atoms with Gasteiger partial charge in [-0.25, -0.2) is 0 Å². The van der Waals surface area contributed by atoms with E-state index in [9.17, 15) is 27.6 Å². The third-order valence-corrected chi connectivity index (χ3v) is 4.10. The first kappa shape index (κ1) is 23.2. The standard InChI is InChI=1S/C20H18ClF3N2O4/c1-12-5-6-14(21)10-16(12)26-18(28)11-30-19(29)8-7-17(27)25-15-4-2-3-13(9-15)20(22,23)24/h2-6,9-10H,7-8,11H2,1H3,(H,25,27)(H,26,28). The average Bonchev–Trinajstić information content (AvgIpc) is 2.67. The van der Waals surface area contributed by atoms with Crippen LogP contribution in [0.5, 0.6) is 0 Å². The monoisotopic (exact) mass is 442 g/mol. The smallest absolute Gasteiger partial charge is 0.416 e. The Kier molecular flexibility index (Phi) is 7.82. The minimum atomic E-state index is -4.53. The largest absolute Gasteiger partial charge is 0.456 e. The molecule has 2 amide bonds. The molecule has 2 rings (SSSR count). The molecule has 0 aliphatic heterocycles. The molecule has 2 N–H and O–H groups in total. The molecule has 0 bridgehead atoms. The number of ether oxygens (including phenoxy) is 1. The maximum atomic E-state index is 12.7. The quantitative estimate of drug-likeness (QED) is 0.615. The van der Waals surface area contributed by atoms with Gasteiger partial charge in [0.25, 0.3) is 5.91 Å². The maximum Gasteiger partial charge on any atom is 0.416 e. The van der Waals surface area contributed by atoms with Crippen molar-refractivity contribution in [3.05, 3.63) is 58.6 Å². The Hall–Kier alpha value is -3.07. The number of rotatable bonds is 7. The van der Waals surface area contributed by atoms with Gasteiger partial charge in [0.05, 0.1) is 12.0 Å². The molecule has 10 heteroatoms. The second-order valence-corrected chi connectivity index (χ2v) is 6.73. The van der Waals surface area contributed by atoms with Crippen LogP contribution in [-0.4, -0.2) is 24.4 Å². The van der Waals surface area contributed by atoms with Crippen molar-refractivity contribution in [3.8, 4) is 0 Å². The molecule has 6 nitrogen and oxygen atoms in total. The molecule has 160 valence electrons. The van der Waals surface area contributed by atoms with E-state index >= 15 is 0 Å². The van der Waals surface area contributed by atoms with Gasteiger partial charge in [-0.3, -0.25) is 14.4 Å². The summed E-state index contributed by atoms with van der Waals surface area (Å²) in [7, 11) is 0. The normalized spacial score (nSPS) is 11.0. The molecule has 0 heterocycles. The third-order valence-electron chi connectivity index (χ3n) is 3.87. The van der Waals surface area contributed by atoms with Crippen LogP contribution >= 0.6 is 11.6 Å². The summed E-state index contributed by atoms with van der Waals surface area (Å²) >= 11 is 5.86. The predicted molar refractivity (Wildman–Crippen MR) is 105 cm³/mol. The zero-order chi connectivity index (χ0) is 22.3. The van der Waals surface area contributed by atoms with E-state index in [0.717, 1.165) is 23.8 Å². The van der Waals surface area contributed by atoms with Crippen LogP contribution < -0.4 is 10.6 Å². The molecule has 0 aliphatic rings. The molecule has 0 saturated heterocycles. The number of hydrogen-bond donors (Lipinski definition) is 2. The summed E-state index contributed by atoms with van der Waals surface area (Å²) in [5.41, 5.74) is 0.300. The molecule has 30 heavy (non-hydrogen) atoms. The fraction of sp³-hybridized carbons (Fsp3) is 0.250. The lowest BCUT2D eigenvalue weighted by Gasteiger charge is -2.10. The number of halogens is 4. The Labute approximate surface area is 175 Å². The van der Waals surface area contributed by atoms with Gasteiger partial charge < -0.3 is 15.4 Å². The van der Waals surface area contributed by atoms with Crippen LogP contribution in [0, 0.1) is 6.92 Å². The minimum Gasteiger partial charge on any atom is -0.456 e. The molecule has 0 aliphatic carbocycles. The molecule has 0 radical (unpaired) electrons. The predicted octanol–water partition coefficient (Wildman–Crippen LogP) is 4.57. The number of hydrogen-bond acceptors (Lipinski definition) is 4. The lowest BCUT2D eigenvalue weighted by Crippen LogP contribution is -2.22. The van der Waals surface area contributed by atoms with Crippen molar-refractivity contribution >= 4 is 40.8 Å². The van der Waals surface area contributed by atoms with Gasteiger partial charge in [-0.2, -0.15) is 13.2 Å². The van der Waals surface area contributed by atoms with Crippen molar-refractivity contribution in [3.63, 3.8) is 0 Å². The van der Waals surface area contributed by atoms with E-state index in [1.54, 1.807) is 25.1 Å². The molecular formula is C20H18ClF3N2O4. The zero-order valence-corrected chi connectivity index (χ0v) is 16.6. The van der Waals surface area contributed by atoms with Gasteiger partial charge in [0, 0.05) is 22.8 Å². The Morgan fingerprint density at radius 2 is 1.73 bits per heavy atom. The summed E-state index contributed by atoms with van der Waals surface area (Å²) < 4.78 is 42.8. The summed E-state index contributed by atoms with van der Waals surface area (Å²) in [5, 5.41) is 5.26. The van der Waals surface area contributed by atoms with Gasteiger partial charge in [0.15, 0.2) is 6.61 Å². The van der Waals surface area contributed by atoms with Crippen molar-refractivity contribution < 1.29 is 32.3 Å². The summed E-state index contributed by atoms with van der Waals surface area (Å²) in [6.45, 7) is 1.21. The highest BCUT2D eigenvalue weighted by molar-refractivity contribution is 6.31. The Balaban J connectivity index is 1.76. The van der Waals surface area contributed by atoms with Crippen LogP contribution in [0.4, 0.5) is 24.5 Å². The first-order valence-corrected chi connectivity index (χ1v) is 9.11. The van der Waals surface area contributed by atoms with Crippen molar-refractivity contribution in [1.82, 2.24) is 0 Å². The number of anilines is 2. The number of carbonyl (C=O) groups excluding carboxylic acids is 3. The van der Waals surface area contributed by atoms with Gasteiger partial charge >= 0.3 is 12.1 Å². The zero-order valence-electron chi connectivity index (χ0n) is 15.8. The van der Waals surface area contributed by atoms with Gasteiger partial charge in [-0.15, -0.1) is 0 Å². The summed E-state index contributed by atoms with van der Waals surface area (Å²) in [6, 6.07) is 9.06. The van der Waals surface area contributed by atoms with Crippen LogP contribution in [0.3, 0.4) is 0 Å².